The molecule has 4 rings (SSSR count). The van der Waals surface area contributed by atoms with E-state index in [4.69, 9.17) is 0 Å². The Hall–Kier alpha value is -2.18. The van der Waals surface area contributed by atoms with Gasteiger partial charge in [-0.05, 0) is 85.4 Å². The number of anilines is 1. The molecule has 0 spiro atoms. The van der Waals surface area contributed by atoms with Gasteiger partial charge in [0, 0.05) is 25.2 Å². The van der Waals surface area contributed by atoms with Crippen molar-refractivity contribution in [3.8, 4) is 0 Å². The molecule has 160 valence electrons. The normalized spacial score (nSPS) is 17.2. The summed E-state index contributed by atoms with van der Waals surface area (Å²) < 4.78 is 29.3. The Bertz CT molecular complexity index is 1060. The predicted molar refractivity (Wildman–Crippen MR) is 119 cm³/mol. The summed E-state index contributed by atoms with van der Waals surface area (Å²) in [5.74, 6) is -0.0110. The van der Waals surface area contributed by atoms with Crippen molar-refractivity contribution in [1.82, 2.24) is 4.72 Å². The lowest BCUT2D eigenvalue weighted by molar-refractivity contribution is -0.116. The van der Waals surface area contributed by atoms with E-state index in [1.807, 2.05) is 6.92 Å². The summed E-state index contributed by atoms with van der Waals surface area (Å²) in [5, 5.41) is 0. The van der Waals surface area contributed by atoms with Gasteiger partial charge in [0.1, 0.15) is 0 Å². The number of benzene rings is 2. The minimum absolute atomic E-state index is 0.0110. The number of carbonyl (C=O) groups excluding carboxylic acids is 1. The molecular weight excluding hydrogens is 396 g/mol. The van der Waals surface area contributed by atoms with Crippen LogP contribution in [0.3, 0.4) is 0 Å². The summed E-state index contributed by atoms with van der Waals surface area (Å²) in [7, 11) is -3.67. The van der Waals surface area contributed by atoms with Gasteiger partial charge in [-0.2, -0.15) is 0 Å². The summed E-state index contributed by atoms with van der Waals surface area (Å²) in [6.07, 6.45) is 6.93. The summed E-state index contributed by atoms with van der Waals surface area (Å²) in [4.78, 5) is 13.9. The van der Waals surface area contributed by atoms with E-state index in [-0.39, 0.29) is 16.8 Å². The average Bonchev–Trinajstić information content (AvgIpc) is 2.76. The van der Waals surface area contributed by atoms with Gasteiger partial charge in [0.15, 0.2) is 0 Å². The maximum absolute atomic E-state index is 13.2. The first-order valence-corrected chi connectivity index (χ1v) is 12.4. The fraction of sp³-hybridized carbons (Fsp3) is 0.458. The van der Waals surface area contributed by atoms with Crippen molar-refractivity contribution < 1.29 is 13.2 Å². The number of hydrogen-bond donors (Lipinski definition) is 1. The first kappa shape index (κ1) is 21.1. The van der Waals surface area contributed by atoms with Gasteiger partial charge in [-0.3, -0.25) is 4.79 Å². The standard InChI is InChI=1S/C24H30N2O3S/c1-3-23(20-11-10-18-7-4-5-8-19(18)15-20)25-30(28,29)22-12-13-24-21(16-22)9-6-14-26(24)17(2)27/h10-13,15-16,23,25H,3-9,14H2,1-2H3/t23-/m0/s1. The number of carbonyl (C=O) groups is 1. The summed E-state index contributed by atoms with van der Waals surface area (Å²) in [6, 6.07) is 11.3. The van der Waals surface area contributed by atoms with Gasteiger partial charge >= 0.3 is 0 Å². The monoisotopic (exact) mass is 426 g/mol. The third-order valence-corrected chi connectivity index (χ3v) is 7.81. The maximum atomic E-state index is 13.2. The summed E-state index contributed by atoms with van der Waals surface area (Å²) in [5.41, 5.74) is 5.53. The quantitative estimate of drug-likeness (QED) is 0.775. The van der Waals surface area contributed by atoms with Crippen molar-refractivity contribution in [1.29, 1.82) is 0 Å². The third kappa shape index (κ3) is 4.16. The van der Waals surface area contributed by atoms with Crippen LogP contribution >= 0.6 is 0 Å². The molecule has 0 aromatic heterocycles. The SMILES string of the molecule is CC[C@H](NS(=O)(=O)c1ccc2c(c1)CCCN2C(C)=O)c1ccc2c(c1)CCCC2. The Morgan fingerprint density at radius 1 is 1.00 bits per heavy atom. The van der Waals surface area contributed by atoms with Gasteiger partial charge in [0.25, 0.3) is 0 Å². The first-order chi connectivity index (χ1) is 14.4. The van der Waals surface area contributed by atoms with E-state index >= 15 is 0 Å². The third-order valence-electron chi connectivity index (χ3n) is 6.34. The van der Waals surface area contributed by atoms with Crippen LogP contribution in [0.1, 0.15) is 67.8 Å². The number of nitrogens with zero attached hydrogens (tertiary/aromatic N) is 1. The molecule has 6 heteroatoms. The lowest BCUT2D eigenvalue weighted by atomic mass is 9.89. The second-order valence-electron chi connectivity index (χ2n) is 8.38. The molecule has 0 fully saturated rings. The molecule has 5 nitrogen and oxygen atoms in total. The van der Waals surface area contributed by atoms with E-state index in [0.29, 0.717) is 13.0 Å². The smallest absolute Gasteiger partial charge is 0.241 e. The van der Waals surface area contributed by atoms with Crippen LogP contribution in [0.15, 0.2) is 41.3 Å². The second kappa shape index (κ2) is 8.52. The van der Waals surface area contributed by atoms with E-state index in [1.54, 1.807) is 30.0 Å². The Kier molecular flexibility index (Phi) is 5.98. The van der Waals surface area contributed by atoms with E-state index in [1.165, 1.54) is 24.0 Å². The molecule has 1 amide bonds. The van der Waals surface area contributed by atoms with E-state index in [0.717, 1.165) is 42.5 Å². The van der Waals surface area contributed by atoms with Crippen molar-refractivity contribution in [3.63, 3.8) is 0 Å². The van der Waals surface area contributed by atoms with Gasteiger partial charge in [0.2, 0.25) is 15.9 Å². The maximum Gasteiger partial charge on any atom is 0.241 e. The van der Waals surface area contributed by atoms with Gasteiger partial charge < -0.3 is 4.90 Å². The number of amides is 1. The van der Waals surface area contributed by atoms with E-state index in [2.05, 4.69) is 22.9 Å². The Morgan fingerprint density at radius 2 is 1.73 bits per heavy atom. The number of aryl methyl sites for hydroxylation is 3. The largest absolute Gasteiger partial charge is 0.312 e. The number of sulfonamides is 1. The lowest BCUT2D eigenvalue weighted by Crippen LogP contribution is -2.34. The fourth-order valence-corrected chi connectivity index (χ4v) is 6.04. The number of hydrogen-bond acceptors (Lipinski definition) is 3. The van der Waals surface area contributed by atoms with Crippen molar-refractivity contribution in [2.45, 2.75) is 69.7 Å². The van der Waals surface area contributed by atoms with Crippen LogP contribution in [0.25, 0.3) is 0 Å². The topological polar surface area (TPSA) is 66.5 Å². The highest BCUT2D eigenvalue weighted by molar-refractivity contribution is 7.89. The number of nitrogens with one attached hydrogen (secondary N) is 1. The lowest BCUT2D eigenvalue weighted by Gasteiger charge is -2.29. The molecule has 0 radical (unpaired) electrons. The molecule has 0 bridgehead atoms. The zero-order valence-corrected chi connectivity index (χ0v) is 18.6. The van der Waals surface area contributed by atoms with Gasteiger partial charge in [-0.1, -0.05) is 25.1 Å². The zero-order chi connectivity index (χ0) is 21.3. The number of fused-ring (bicyclic) bond motifs is 2. The second-order valence-corrected chi connectivity index (χ2v) is 10.1. The first-order valence-electron chi connectivity index (χ1n) is 10.9. The van der Waals surface area contributed by atoms with Gasteiger partial charge in [-0.25, -0.2) is 13.1 Å². The average molecular weight is 427 g/mol. The van der Waals surface area contributed by atoms with Crippen molar-refractivity contribution in [2.24, 2.45) is 0 Å². The highest BCUT2D eigenvalue weighted by atomic mass is 32.2. The van der Waals surface area contributed by atoms with Crippen LogP contribution in [-0.2, 0) is 34.1 Å². The van der Waals surface area contributed by atoms with Gasteiger partial charge in [-0.15, -0.1) is 0 Å². The van der Waals surface area contributed by atoms with Crippen molar-refractivity contribution in [2.75, 3.05) is 11.4 Å². The molecule has 2 aliphatic rings. The molecule has 2 aromatic rings. The molecule has 1 N–H and O–H groups in total. The summed E-state index contributed by atoms with van der Waals surface area (Å²) in [6.45, 7) is 4.24. The van der Waals surface area contributed by atoms with Crippen molar-refractivity contribution in [3.05, 3.63) is 58.7 Å². The molecule has 0 saturated heterocycles. The van der Waals surface area contributed by atoms with Crippen LogP contribution in [-0.4, -0.2) is 20.9 Å². The zero-order valence-electron chi connectivity index (χ0n) is 17.8. The molecule has 2 aromatic carbocycles. The molecular formula is C24H30N2O3S. The molecule has 1 atom stereocenters. The molecule has 1 heterocycles. The molecule has 0 unspecified atom stereocenters. The molecule has 30 heavy (non-hydrogen) atoms. The Balaban J connectivity index is 1.59. The van der Waals surface area contributed by atoms with Crippen LogP contribution in [0.2, 0.25) is 0 Å². The van der Waals surface area contributed by atoms with E-state index < -0.39 is 10.0 Å². The predicted octanol–water partition coefficient (Wildman–Crippen LogP) is 4.29. The fourth-order valence-electron chi connectivity index (χ4n) is 4.68. The minimum atomic E-state index is -3.67. The molecule has 0 saturated carbocycles. The highest BCUT2D eigenvalue weighted by Gasteiger charge is 2.25. The van der Waals surface area contributed by atoms with Crippen LogP contribution in [0.5, 0.6) is 0 Å². The summed E-state index contributed by atoms with van der Waals surface area (Å²) >= 11 is 0. The van der Waals surface area contributed by atoms with Crippen molar-refractivity contribution >= 4 is 21.6 Å². The highest BCUT2D eigenvalue weighted by Crippen LogP contribution is 2.31. The van der Waals surface area contributed by atoms with Gasteiger partial charge in [0.05, 0.1) is 4.90 Å². The van der Waals surface area contributed by atoms with Crippen LogP contribution in [0.4, 0.5) is 5.69 Å². The Labute approximate surface area is 179 Å². The number of rotatable bonds is 5. The Morgan fingerprint density at radius 3 is 2.47 bits per heavy atom. The van der Waals surface area contributed by atoms with Crippen LogP contribution in [0, 0.1) is 0 Å². The molecule has 1 aliphatic heterocycles. The minimum Gasteiger partial charge on any atom is -0.312 e. The van der Waals surface area contributed by atoms with E-state index in [9.17, 15) is 13.2 Å². The molecule has 1 aliphatic carbocycles. The van der Waals surface area contributed by atoms with Crippen LogP contribution < -0.4 is 9.62 Å².